The Balaban J connectivity index is 1.71. The Hall–Kier alpha value is -1.96. The highest BCUT2D eigenvalue weighted by Crippen LogP contribution is 2.26. The predicted octanol–water partition coefficient (Wildman–Crippen LogP) is 3.46. The van der Waals surface area contributed by atoms with Crippen LogP contribution in [0.4, 0.5) is 0 Å². The van der Waals surface area contributed by atoms with Gasteiger partial charge in [0.1, 0.15) is 0 Å². The van der Waals surface area contributed by atoms with E-state index in [9.17, 15) is 4.79 Å². The van der Waals surface area contributed by atoms with Crippen molar-refractivity contribution in [2.45, 2.75) is 33.0 Å². The first-order valence-corrected chi connectivity index (χ1v) is 9.22. The summed E-state index contributed by atoms with van der Waals surface area (Å²) in [6, 6.07) is 10.1. The Morgan fingerprint density at radius 3 is 2.73 bits per heavy atom. The number of aromatic nitrogens is 1. The lowest BCUT2D eigenvalue weighted by Gasteiger charge is -2.20. The van der Waals surface area contributed by atoms with Crippen LogP contribution in [-0.2, 0) is 14.3 Å². The summed E-state index contributed by atoms with van der Waals surface area (Å²) < 4.78 is 14.0. The zero-order chi connectivity index (χ0) is 18.7. The highest BCUT2D eigenvalue weighted by atomic mass is 79.9. The lowest BCUT2D eigenvalue weighted by atomic mass is 10.2. The largest absolute Gasteiger partial charge is 0.347 e. The van der Waals surface area contributed by atoms with E-state index in [0.29, 0.717) is 13.2 Å². The van der Waals surface area contributed by atoms with Gasteiger partial charge in [-0.2, -0.15) is 5.10 Å². The number of carbonyl (C=O) groups is 1. The lowest BCUT2D eigenvalue weighted by molar-refractivity contribution is -0.159. The first kappa shape index (κ1) is 18.8. The van der Waals surface area contributed by atoms with Crippen LogP contribution in [0, 0.1) is 13.8 Å². The maximum absolute atomic E-state index is 12.0. The highest BCUT2D eigenvalue weighted by Gasteiger charge is 2.33. The van der Waals surface area contributed by atoms with Gasteiger partial charge in [0.2, 0.25) is 5.91 Å². The Bertz CT molecular complexity index is 839. The number of hydrogen-bond donors (Lipinski definition) is 1. The molecule has 1 aromatic carbocycles. The molecule has 2 aromatic rings. The molecule has 6 nitrogen and oxygen atoms in total. The monoisotopic (exact) mass is 419 g/mol. The minimum Gasteiger partial charge on any atom is -0.347 e. The molecule has 7 heteroatoms. The van der Waals surface area contributed by atoms with Gasteiger partial charge in [-0.05, 0) is 54.9 Å². The summed E-state index contributed by atoms with van der Waals surface area (Å²) in [7, 11) is 0. The average Bonchev–Trinajstić information content (AvgIpc) is 3.12. The van der Waals surface area contributed by atoms with Gasteiger partial charge in [0.05, 0.1) is 31.5 Å². The Morgan fingerprint density at radius 2 is 2.04 bits per heavy atom. The van der Waals surface area contributed by atoms with Gasteiger partial charge in [-0.15, -0.1) is 0 Å². The molecule has 1 N–H and O–H groups in total. The first-order valence-electron chi connectivity index (χ1n) is 8.43. The van der Waals surface area contributed by atoms with E-state index in [-0.39, 0.29) is 12.3 Å². The van der Waals surface area contributed by atoms with Crippen LogP contribution in [0.25, 0.3) is 5.69 Å². The molecule has 3 rings (SSSR count). The minimum absolute atomic E-state index is 0.111. The van der Waals surface area contributed by atoms with Gasteiger partial charge in [-0.25, -0.2) is 5.43 Å². The van der Waals surface area contributed by atoms with Crippen molar-refractivity contribution >= 4 is 28.1 Å². The van der Waals surface area contributed by atoms with Crippen LogP contribution >= 0.6 is 15.9 Å². The Morgan fingerprint density at radius 1 is 1.35 bits per heavy atom. The van der Waals surface area contributed by atoms with Crippen LogP contribution < -0.4 is 5.43 Å². The minimum atomic E-state index is -0.852. The molecule has 138 valence electrons. The fourth-order valence-corrected chi connectivity index (χ4v) is 3.55. The molecular formula is C19H22BrN3O3. The Labute approximate surface area is 161 Å². The molecule has 0 spiro atoms. The van der Waals surface area contributed by atoms with E-state index in [2.05, 4.69) is 37.1 Å². The number of nitrogens with zero attached hydrogens (tertiary/aromatic N) is 2. The number of hydrogen-bond acceptors (Lipinski definition) is 4. The van der Waals surface area contributed by atoms with E-state index >= 15 is 0 Å². The summed E-state index contributed by atoms with van der Waals surface area (Å²) in [4.78, 5) is 12.0. The molecular weight excluding hydrogens is 398 g/mol. The maximum Gasteiger partial charge on any atom is 0.245 e. The number of aryl methyl sites for hydroxylation is 1. The predicted molar refractivity (Wildman–Crippen MR) is 104 cm³/mol. The summed E-state index contributed by atoms with van der Waals surface area (Å²) in [5.41, 5.74) is 6.68. The van der Waals surface area contributed by atoms with Gasteiger partial charge >= 0.3 is 0 Å². The third-order valence-electron chi connectivity index (χ3n) is 4.34. The Kier molecular flexibility index (Phi) is 5.60. The molecule has 0 unspecified atom stereocenters. The van der Waals surface area contributed by atoms with Crippen LogP contribution in [0.15, 0.2) is 39.9 Å². The molecule has 0 saturated carbocycles. The van der Waals surface area contributed by atoms with Crippen molar-refractivity contribution < 1.29 is 14.3 Å². The smallest absolute Gasteiger partial charge is 0.245 e. The number of amides is 1. The van der Waals surface area contributed by atoms with Crippen LogP contribution in [0.3, 0.4) is 0 Å². The molecule has 0 atom stereocenters. The van der Waals surface area contributed by atoms with Crippen molar-refractivity contribution in [1.82, 2.24) is 9.99 Å². The summed E-state index contributed by atoms with van der Waals surface area (Å²) in [6.45, 7) is 6.84. The number of benzene rings is 1. The van der Waals surface area contributed by atoms with Gasteiger partial charge in [0.15, 0.2) is 5.79 Å². The van der Waals surface area contributed by atoms with Gasteiger partial charge in [0, 0.05) is 21.4 Å². The van der Waals surface area contributed by atoms with E-state index in [4.69, 9.17) is 9.47 Å². The summed E-state index contributed by atoms with van der Waals surface area (Å²) in [5.74, 6) is -1.10. The standard InChI is InChI=1S/C19H22BrN3O3/c1-13-10-15(14(2)23(13)17-7-5-4-6-16(17)20)12-21-22-18(24)11-19(3)25-8-9-26-19/h4-7,10,12H,8-9,11H2,1-3H3,(H,22,24)/b21-12+. The van der Waals surface area contributed by atoms with Crippen LogP contribution in [0.2, 0.25) is 0 Å². The summed E-state index contributed by atoms with van der Waals surface area (Å²) in [5, 5.41) is 4.09. The third kappa shape index (κ3) is 4.06. The second-order valence-corrected chi connectivity index (χ2v) is 7.27. The third-order valence-corrected chi connectivity index (χ3v) is 5.01. The molecule has 1 saturated heterocycles. The van der Waals surface area contributed by atoms with Crippen LogP contribution in [0.1, 0.15) is 30.3 Å². The fraction of sp³-hybridized carbons (Fsp3) is 0.368. The molecule has 0 radical (unpaired) electrons. The number of rotatable bonds is 5. The van der Waals surface area contributed by atoms with Gasteiger partial charge in [0.25, 0.3) is 0 Å². The molecule has 1 aliphatic rings. The zero-order valence-electron chi connectivity index (χ0n) is 15.1. The fourth-order valence-electron chi connectivity index (χ4n) is 3.09. The highest BCUT2D eigenvalue weighted by molar-refractivity contribution is 9.10. The van der Waals surface area contributed by atoms with Crippen molar-refractivity contribution in [3.8, 4) is 5.69 Å². The molecule has 0 bridgehead atoms. The van der Waals surface area contributed by atoms with Crippen molar-refractivity contribution in [2.75, 3.05) is 13.2 Å². The maximum atomic E-state index is 12.0. The topological polar surface area (TPSA) is 64.8 Å². The molecule has 1 aromatic heterocycles. The van der Waals surface area contributed by atoms with E-state index < -0.39 is 5.79 Å². The number of halogens is 1. The molecule has 1 amide bonds. The van der Waals surface area contributed by atoms with Crippen molar-refractivity contribution in [3.63, 3.8) is 0 Å². The van der Waals surface area contributed by atoms with Gasteiger partial charge in [-0.3, -0.25) is 4.79 Å². The van der Waals surface area contributed by atoms with E-state index in [0.717, 1.165) is 27.1 Å². The number of carbonyl (C=O) groups excluding carboxylic acids is 1. The van der Waals surface area contributed by atoms with E-state index in [1.165, 1.54) is 0 Å². The normalized spacial score (nSPS) is 16.3. The van der Waals surface area contributed by atoms with E-state index in [1.54, 1.807) is 13.1 Å². The summed E-state index contributed by atoms with van der Waals surface area (Å²) >= 11 is 3.59. The molecule has 1 fully saturated rings. The second-order valence-electron chi connectivity index (χ2n) is 6.41. The number of nitrogens with one attached hydrogen (secondary N) is 1. The molecule has 1 aliphatic heterocycles. The number of para-hydroxylation sites is 1. The average molecular weight is 420 g/mol. The summed E-state index contributed by atoms with van der Waals surface area (Å²) in [6.07, 6.45) is 1.77. The van der Waals surface area contributed by atoms with Gasteiger partial charge < -0.3 is 14.0 Å². The van der Waals surface area contributed by atoms with Crippen molar-refractivity contribution in [3.05, 3.63) is 51.8 Å². The second kappa shape index (κ2) is 7.73. The molecule has 0 aliphatic carbocycles. The van der Waals surface area contributed by atoms with Crippen molar-refractivity contribution in [2.24, 2.45) is 5.10 Å². The SMILES string of the molecule is Cc1cc(/C=N/NC(=O)CC2(C)OCCO2)c(C)n1-c1ccccc1Br. The number of hydrazone groups is 1. The lowest BCUT2D eigenvalue weighted by Crippen LogP contribution is -2.33. The van der Waals surface area contributed by atoms with Gasteiger partial charge in [-0.1, -0.05) is 12.1 Å². The zero-order valence-corrected chi connectivity index (χ0v) is 16.7. The first-order chi connectivity index (χ1) is 12.4. The molecule has 2 heterocycles. The number of ether oxygens (including phenoxy) is 2. The quantitative estimate of drug-likeness (QED) is 0.595. The van der Waals surface area contributed by atoms with Crippen LogP contribution in [0.5, 0.6) is 0 Å². The van der Waals surface area contributed by atoms with E-state index in [1.807, 2.05) is 38.1 Å². The van der Waals surface area contributed by atoms with Crippen molar-refractivity contribution in [1.29, 1.82) is 0 Å². The molecule has 26 heavy (non-hydrogen) atoms. The van der Waals surface area contributed by atoms with Crippen LogP contribution in [-0.4, -0.2) is 35.7 Å².